The van der Waals surface area contributed by atoms with E-state index in [9.17, 15) is 18.0 Å². The standard InChI is InChI=1S/C18H21F3N4O/c1-3-9-25(10-4-2)17-22-11-13(12-23-17)16(26)24-15-8-6-5-7-14(15)18(19,20)21/h5-8,11-12H,3-4,9-10H2,1-2H3,(H,24,26). The third kappa shape index (κ3) is 4.93. The SMILES string of the molecule is CCCN(CCC)c1ncc(C(=O)Nc2ccccc2C(F)(F)F)cn1. The summed E-state index contributed by atoms with van der Waals surface area (Å²) in [6.07, 6.45) is -0.0386. The fraction of sp³-hybridized carbons (Fsp3) is 0.389. The van der Waals surface area contributed by atoms with Crippen molar-refractivity contribution in [2.75, 3.05) is 23.3 Å². The Morgan fingerprint density at radius 3 is 2.19 bits per heavy atom. The van der Waals surface area contributed by atoms with Gasteiger partial charge in [0.15, 0.2) is 0 Å². The van der Waals surface area contributed by atoms with Crippen LogP contribution in [0.4, 0.5) is 24.8 Å². The van der Waals surface area contributed by atoms with Crippen molar-refractivity contribution in [3.63, 3.8) is 0 Å². The molecule has 0 saturated heterocycles. The third-order valence-corrected chi connectivity index (χ3v) is 3.65. The molecule has 1 heterocycles. The first-order valence-electron chi connectivity index (χ1n) is 8.41. The van der Waals surface area contributed by atoms with E-state index in [0.717, 1.165) is 32.0 Å². The summed E-state index contributed by atoms with van der Waals surface area (Å²) in [4.78, 5) is 22.6. The summed E-state index contributed by atoms with van der Waals surface area (Å²) in [7, 11) is 0. The van der Waals surface area contributed by atoms with Gasteiger partial charge in [-0.1, -0.05) is 26.0 Å². The Labute approximate surface area is 150 Å². The zero-order chi connectivity index (χ0) is 19.2. The van der Waals surface area contributed by atoms with Crippen LogP contribution in [0.1, 0.15) is 42.6 Å². The molecule has 1 N–H and O–H groups in total. The van der Waals surface area contributed by atoms with Gasteiger partial charge in [0.2, 0.25) is 5.95 Å². The molecule has 0 aliphatic heterocycles. The predicted molar refractivity (Wildman–Crippen MR) is 94.2 cm³/mol. The van der Waals surface area contributed by atoms with Crippen LogP contribution in [0.15, 0.2) is 36.7 Å². The highest BCUT2D eigenvalue weighted by Gasteiger charge is 2.33. The van der Waals surface area contributed by atoms with Crippen molar-refractivity contribution in [2.45, 2.75) is 32.9 Å². The molecule has 26 heavy (non-hydrogen) atoms. The van der Waals surface area contributed by atoms with E-state index in [4.69, 9.17) is 0 Å². The Bertz CT molecular complexity index is 726. The monoisotopic (exact) mass is 366 g/mol. The average Bonchev–Trinajstić information content (AvgIpc) is 2.61. The second-order valence-corrected chi connectivity index (χ2v) is 5.76. The number of hydrogen-bond acceptors (Lipinski definition) is 4. The normalized spacial score (nSPS) is 11.3. The van der Waals surface area contributed by atoms with E-state index >= 15 is 0 Å². The minimum absolute atomic E-state index is 0.0960. The van der Waals surface area contributed by atoms with Crippen LogP contribution in [0.2, 0.25) is 0 Å². The first kappa shape index (κ1) is 19.7. The van der Waals surface area contributed by atoms with Crippen molar-refractivity contribution in [2.24, 2.45) is 0 Å². The van der Waals surface area contributed by atoms with Gasteiger partial charge in [0.1, 0.15) is 0 Å². The van der Waals surface area contributed by atoms with Gasteiger partial charge in [-0.2, -0.15) is 13.2 Å². The highest BCUT2D eigenvalue weighted by Crippen LogP contribution is 2.34. The first-order chi connectivity index (χ1) is 12.4. The van der Waals surface area contributed by atoms with Crippen molar-refractivity contribution >= 4 is 17.5 Å². The van der Waals surface area contributed by atoms with Gasteiger partial charge in [-0.3, -0.25) is 4.79 Å². The Balaban J connectivity index is 2.16. The summed E-state index contributed by atoms with van der Waals surface area (Å²) in [5, 5.41) is 2.28. The van der Waals surface area contributed by atoms with E-state index in [1.807, 2.05) is 18.7 Å². The van der Waals surface area contributed by atoms with E-state index in [0.29, 0.717) is 5.95 Å². The van der Waals surface area contributed by atoms with E-state index in [1.54, 1.807) is 0 Å². The van der Waals surface area contributed by atoms with Crippen LogP contribution in [0.25, 0.3) is 0 Å². The Morgan fingerprint density at radius 1 is 1.08 bits per heavy atom. The number of para-hydroxylation sites is 1. The van der Waals surface area contributed by atoms with Gasteiger partial charge in [-0.25, -0.2) is 9.97 Å². The predicted octanol–water partition coefficient (Wildman–Crippen LogP) is 4.37. The van der Waals surface area contributed by atoms with Crippen LogP contribution in [0.5, 0.6) is 0 Å². The summed E-state index contributed by atoms with van der Waals surface area (Å²) in [6, 6.07) is 4.83. The highest BCUT2D eigenvalue weighted by atomic mass is 19.4. The van der Waals surface area contributed by atoms with Crippen LogP contribution in [0.3, 0.4) is 0 Å². The molecule has 2 aromatic rings. The van der Waals surface area contributed by atoms with Gasteiger partial charge in [0, 0.05) is 25.5 Å². The minimum atomic E-state index is -4.55. The molecule has 0 aliphatic carbocycles. The molecule has 140 valence electrons. The molecule has 0 radical (unpaired) electrons. The fourth-order valence-electron chi connectivity index (χ4n) is 2.49. The zero-order valence-electron chi connectivity index (χ0n) is 14.7. The van der Waals surface area contributed by atoms with Gasteiger partial charge in [0.25, 0.3) is 5.91 Å². The number of hydrogen-bond donors (Lipinski definition) is 1. The van der Waals surface area contributed by atoms with E-state index < -0.39 is 17.6 Å². The lowest BCUT2D eigenvalue weighted by Gasteiger charge is -2.21. The van der Waals surface area contributed by atoms with Crippen LogP contribution >= 0.6 is 0 Å². The van der Waals surface area contributed by atoms with Gasteiger partial charge < -0.3 is 10.2 Å². The Morgan fingerprint density at radius 2 is 1.65 bits per heavy atom. The van der Waals surface area contributed by atoms with E-state index in [-0.39, 0.29) is 11.3 Å². The second kappa shape index (κ2) is 8.64. The van der Waals surface area contributed by atoms with Gasteiger partial charge in [-0.05, 0) is 25.0 Å². The van der Waals surface area contributed by atoms with Crippen molar-refractivity contribution < 1.29 is 18.0 Å². The lowest BCUT2D eigenvalue weighted by molar-refractivity contribution is -0.136. The number of anilines is 2. The molecule has 5 nitrogen and oxygen atoms in total. The lowest BCUT2D eigenvalue weighted by atomic mass is 10.1. The number of benzene rings is 1. The number of nitrogens with zero attached hydrogens (tertiary/aromatic N) is 3. The molecule has 8 heteroatoms. The summed E-state index contributed by atoms with van der Waals surface area (Å²) in [6.45, 7) is 5.67. The molecule has 0 bridgehead atoms. The maximum Gasteiger partial charge on any atom is 0.418 e. The quantitative estimate of drug-likeness (QED) is 0.790. The van der Waals surface area contributed by atoms with E-state index in [1.165, 1.54) is 30.6 Å². The second-order valence-electron chi connectivity index (χ2n) is 5.76. The molecule has 0 aliphatic rings. The van der Waals surface area contributed by atoms with Crippen LogP contribution in [0, 0.1) is 0 Å². The first-order valence-corrected chi connectivity index (χ1v) is 8.41. The maximum absolute atomic E-state index is 13.0. The molecule has 1 amide bonds. The number of halogens is 3. The number of rotatable bonds is 7. The summed E-state index contributed by atoms with van der Waals surface area (Å²) in [5.74, 6) is -0.188. The molecule has 1 aromatic heterocycles. The van der Waals surface area contributed by atoms with Crippen LogP contribution in [-0.2, 0) is 6.18 Å². The molecule has 1 aromatic carbocycles. The molecule has 0 spiro atoms. The molecule has 0 unspecified atom stereocenters. The summed E-state index contributed by atoms with van der Waals surface area (Å²) >= 11 is 0. The fourth-order valence-corrected chi connectivity index (χ4v) is 2.49. The maximum atomic E-state index is 13.0. The summed E-state index contributed by atoms with van der Waals surface area (Å²) in [5.41, 5.74) is -1.10. The molecule has 2 rings (SSSR count). The highest BCUT2D eigenvalue weighted by molar-refractivity contribution is 6.04. The molecule has 0 atom stereocenters. The lowest BCUT2D eigenvalue weighted by Crippen LogP contribution is -2.27. The molecule has 0 fully saturated rings. The smallest absolute Gasteiger partial charge is 0.341 e. The largest absolute Gasteiger partial charge is 0.418 e. The van der Waals surface area contributed by atoms with E-state index in [2.05, 4.69) is 15.3 Å². The third-order valence-electron chi connectivity index (χ3n) is 3.65. The molecule has 0 saturated carbocycles. The minimum Gasteiger partial charge on any atom is -0.341 e. The number of carbonyl (C=O) groups is 1. The average molecular weight is 366 g/mol. The van der Waals surface area contributed by atoms with Gasteiger partial charge in [0.05, 0.1) is 16.8 Å². The Hall–Kier alpha value is -2.64. The van der Waals surface area contributed by atoms with Crippen LogP contribution in [-0.4, -0.2) is 29.0 Å². The molecular formula is C18H21F3N4O. The van der Waals surface area contributed by atoms with Gasteiger partial charge in [-0.15, -0.1) is 0 Å². The van der Waals surface area contributed by atoms with Crippen LogP contribution < -0.4 is 10.2 Å². The van der Waals surface area contributed by atoms with Crippen molar-refractivity contribution in [3.8, 4) is 0 Å². The van der Waals surface area contributed by atoms with Crippen molar-refractivity contribution in [1.82, 2.24) is 9.97 Å². The molecular weight excluding hydrogens is 345 g/mol. The number of carbonyl (C=O) groups excluding carboxylic acids is 1. The Kier molecular flexibility index (Phi) is 6.54. The topological polar surface area (TPSA) is 58.1 Å². The number of amides is 1. The zero-order valence-corrected chi connectivity index (χ0v) is 14.7. The number of nitrogens with one attached hydrogen (secondary N) is 1. The summed E-state index contributed by atoms with van der Waals surface area (Å²) < 4.78 is 39.0. The van der Waals surface area contributed by atoms with Crippen molar-refractivity contribution in [3.05, 3.63) is 47.8 Å². The number of aromatic nitrogens is 2. The van der Waals surface area contributed by atoms with Crippen molar-refractivity contribution in [1.29, 1.82) is 0 Å². The van der Waals surface area contributed by atoms with Gasteiger partial charge >= 0.3 is 6.18 Å². The number of alkyl halides is 3.